The number of nitrogens with zero attached hydrogens (tertiary/aromatic N) is 2. The van der Waals surface area contributed by atoms with Crippen LogP contribution in [-0.4, -0.2) is 60.0 Å². The van der Waals surface area contributed by atoms with Gasteiger partial charge in [0.15, 0.2) is 0 Å². The Kier molecular flexibility index (Phi) is 5.49. The van der Waals surface area contributed by atoms with E-state index in [4.69, 9.17) is 9.15 Å². The highest BCUT2D eigenvalue weighted by atomic mass is 16.5. The van der Waals surface area contributed by atoms with E-state index >= 15 is 0 Å². The van der Waals surface area contributed by atoms with E-state index in [-0.39, 0.29) is 28.7 Å². The minimum absolute atomic E-state index is 0.0617. The van der Waals surface area contributed by atoms with Gasteiger partial charge in [0.1, 0.15) is 6.26 Å². The molecule has 0 N–H and O–H groups in total. The Morgan fingerprint density at radius 1 is 1.28 bits per heavy atom. The summed E-state index contributed by atoms with van der Waals surface area (Å²) < 4.78 is 10.8. The van der Waals surface area contributed by atoms with Crippen molar-refractivity contribution in [1.29, 1.82) is 0 Å². The molecular formula is C23H34N2O4. The highest BCUT2D eigenvalue weighted by molar-refractivity contribution is 5.94. The van der Waals surface area contributed by atoms with Gasteiger partial charge in [0.2, 0.25) is 5.91 Å². The number of furan rings is 1. The third-order valence-electron chi connectivity index (χ3n) is 6.83. The van der Waals surface area contributed by atoms with Crippen molar-refractivity contribution >= 4 is 11.8 Å². The molecule has 3 fully saturated rings. The van der Waals surface area contributed by atoms with Crippen molar-refractivity contribution in [3.63, 3.8) is 0 Å². The minimum atomic E-state index is -0.0877. The van der Waals surface area contributed by atoms with Gasteiger partial charge >= 0.3 is 0 Å². The first-order valence-corrected chi connectivity index (χ1v) is 11.0. The van der Waals surface area contributed by atoms with Crippen LogP contribution in [0.15, 0.2) is 23.0 Å². The molecule has 3 aliphatic rings. The first-order chi connectivity index (χ1) is 13.7. The molecule has 6 nitrogen and oxygen atoms in total. The first kappa shape index (κ1) is 20.5. The minimum Gasteiger partial charge on any atom is -0.472 e. The normalized spacial score (nSPS) is 30.5. The predicted molar refractivity (Wildman–Crippen MR) is 109 cm³/mol. The van der Waals surface area contributed by atoms with Crippen molar-refractivity contribution in [1.82, 2.24) is 9.80 Å². The lowest BCUT2D eigenvalue weighted by atomic mass is 9.65. The molecule has 1 saturated carbocycles. The lowest BCUT2D eigenvalue weighted by molar-refractivity contribution is -0.132. The number of hydrogen-bond donors (Lipinski definition) is 0. The third-order valence-corrected chi connectivity index (χ3v) is 6.83. The summed E-state index contributed by atoms with van der Waals surface area (Å²) in [7, 11) is 0. The van der Waals surface area contributed by atoms with Crippen molar-refractivity contribution in [2.24, 2.45) is 10.8 Å². The summed E-state index contributed by atoms with van der Waals surface area (Å²) in [6, 6.07) is 2.02. The van der Waals surface area contributed by atoms with Crippen LogP contribution in [0.3, 0.4) is 0 Å². The second-order valence-corrected chi connectivity index (χ2v) is 10.4. The molecule has 0 spiro atoms. The van der Waals surface area contributed by atoms with Gasteiger partial charge < -0.3 is 19.0 Å². The molecule has 0 radical (unpaired) electrons. The average Bonchev–Trinajstić information content (AvgIpc) is 3.37. The maximum Gasteiger partial charge on any atom is 0.257 e. The molecule has 1 aliphatic carbocycles. The summed E-state index contributed by atoms with van der Waals surface area (Å²) in [5.74, 6) is 0.0871. The Morgan fingerprint density at radius 2 is 2.10 bits per heavy atom. The Bertz CT molecular complexity index is 738. The smallest absolute Gasteiger partial charge is 0.257 e. The van der Waals surface area contributed by atoms with Crippen molar-refractivity contribution in [2.45, 2.75) is 71.4 Å². The molecule has 1 aromatic heterocycles. The molecule has 2 saturated heterocycles. The van der Waals surface area contributed by atoms with E-state index in [1.54, 1.807) is 11.0 Å². The summed E-state index contributed by atoms with van der Waals surface area (Å²) in [5, 5.41) is 0. The van der Waals surface area contributed by atoms with Crippen LogP contribution in [-0.2, 0) is 9.53 Å². The number of likely N-dealkylation sites (tertiary alicyclic amines) is 1. The Labute approximate surface area is 173 Å². The fourth-order valence-corrected chi connectivity index (χ4v) is 6.00. The van der Waals surface area contributed by atoms with Gasteiger partial charge in [-0.25, -0.2) is 0 Å². The van der Waals surface area contributed by atoms with E-state index in [9.17, 15) is 9.59 Å². The van der Waals surface area contributed by atoms with Crippen LogP contribution < -0.4 is 0 Å². The van der Waals surface area contributed by atoms with Gasteiger partial charge in [-0.05, 0) is 49.0 Å². The monoisotopic (exact) mass is 402 g/mol. The second-order valence-electron chi connectivity index (χ2n) is 10.4. The molecule has 2 aliphatic heterocycles. The lowest BCUT2D eigenvalue weighted by Crippen LogP contribution is -2.42. The second kappa shape index (κ2) is 7.78. The maximum atomic E-state index is 13.1. The highest BCUT2D eigenvalue weighted by Gasteiger charge is 2.50. The third kappa shape index (κ3) is 4.52. The summed E-state index contributed by atoms with van der Waals surface area (Å²) in [5.41, 5.74) is 1.05. The van der Waals surface area contributed by atoms with E-state index in [2.05, 4.69) is 25.7 Å². The molecule has 0 unspecified atom stereocenters. The van der Waals surface area contributed by atoms with Crippen molar-refractivity contribution in [3.8, 4) is 0 Å². The van der Waals surface area contributed by atoms with Crippen LogP contribution in [0.1, 0.15) is 69.7 Å². The highest BCUT2D eigenvalue weighted by Crippen LogP contribution is 2.52. The lowest BCUT2D eigenvalue weighted by Gasteiger charge is -2.39. The van der Waals surface area contributed by atoms with Gasteiger partial charge in [0.05, 0.1) is 17.9 Å². The summed E-state index contributed by atoms with van der Waals surface area (Å²) in [6.07, 6.45) is 8.75. The fourth-order valence-electron chi connectivity index (χ4n) is 6.00. The number of carbonyl (C=O) groups excluding carboxylic acids is 2. The number of amides is 2. The van der Waals surface area contributed by atoms with Crippen molar-refractivity contribution in [3.05, 3.63) is 24.2 Å². The molecular weight excluding hydrogens is 368 g/mol. The number of ether oxygens (including phenoxy) is 1. The molecule has 6 heteroatoms. The quantitative estimate of drug-likeness (QED) is 0.728. The van der Waals surface area contributed by atoms with Gasteiger partial charge in [-0.1, -0.05) is 20.8 Å². The number of carbonyl (C=O) groups is 2. The van der Waals surface area contributed by atoms with Crippen LogP contribution in [0.4, 0.5) is 0 Å². The molecule has 2 amide bonds. The van der Waals surface area contributed by atoms with Crippen LogP contribution in [0.5, 0.6) is 0 Å². The molecule has 3 heterocycles. The molecule has 160 valence electrons. The SMILES string of the molecule is CC1(C)C[C@H]2C[C@](C)(CN2C(=O)CCN(C[C@@H]2CCCO2)C(=O)c2ccoc2)C1. The molecule has 2 bridgehead atoms. The van der Waals surface area contributed by atoms with Crippen molar-refractivity contribution in [2.75, 3.05) is 26.2 Å². The first-order valence-electron chi connectivity index (χ1n) is 11.0. The standard InChI is InChI=1S/C23H34N2O4/c1-22(2)11-18-12-23(3,15-22)16-25(18)20(26)6-8-24(13-19-5-4-9-29-19)21(27)17-7-10-28-14-17/h7,10,14,18-19H,4-6,8-9,11-13,15-16H2,1-3H3/t18-,19-,23-/m0/s1. The largest absolute Gasteiger partial charge is 0.472 e. The van der Waals surface area contributed by atoms with Gasteiger partial charge in [0, 0.05) is 38.7 Å². The zero-order valence-electron chi connectivity index (χ0n) is 18.0. The zero-order chi connectivity index (χ0) is 20.6. The van der Waals surface area contributed by atoms with Crippen LogP contribution in [0.25, 0.3) is 0 Å². The Hall–Kier alpha value is -1.82. The van der Waals surface area contributed by atoms with Crippen LogP contribution in [0, 0.1) is 10.8 Å². The van der Waals surface area contributed by atoms with E-state index in [1.807, 2.05) is 0 Å². The van der Waals surface area contributed by atoms with Gasteiger partial charge in [-0.3, -0.25) is 9.59 Å². The average molecular weight is 403 g/mol. The molecule has 29 heavy (non-hydrogen) atoms. The Balaban J connectivity index is 1.40. The molecule has 1 aromatic rings. The van der Waals surface area contributed by atoms with E-state index in [1.165, 1.54) is 18.9 Å². The molecule has 3 atom stereocenters. The maximum absolute atomic E-state index is 13.1. The summed E-state index contributed by atoms with van der Waals surface area (Å²) >= 11 is 0. The van der Waals surface area contributed by atoms with E-state index < -0.39 is 0 Å². The molecule has 0 aromatic carbocycles. The van der Waals surface area contributed by atoms with Gasteiger partial charge in [-0.15, -0.1) is 0 Å². The number of rotatable bonds is 6. The summed E-state index contributed by atoms with van der Waals surface area (Å²) in [4.78, 5) is 29.9. The van der Waals surface area contributed by atoms with E-state index in [0.717, 1.165) is 38.8 Å². The molecule has 4 rings (SSSR count). The Morgan fingerprint density at radius 3 is 2.79 bits per heavy atom. The zero-order valence-corrected chi connectivity index (χ0v) is 18.0. The van der Waals surface area contributed by atoms with Crippen LogP contribution in [0.2, 0.25) is 0 Å². The topological polar surface area (TPSA) is 63.0 Å². The van der Waals surface area contributed by atoms with Gasteiger partial charge in [-0.2, -0.15) is 0 Å². The predicted octanol–water partition coefficient (Wildman–Crippen LogP) is 3.72. The van der Waals surface area contributed by atoms with Gasteiger partial charge in [0.25, 0.3) is 5.91 Å². The van der Waals surface area contributed by atoms with Crippen molar-refractivity contribution < 1.29 is 18.7 Å². The fraction of sp³-hybridized carbons (Fsp3) is 0.739. The summed E-state index contributed by atoms with van der Waals surface area (Å²) in [6.45, 7) is 9.51. The van der Waals surface area contributed by atoms with Crippen LogP contribution >= 0.6 is 0 Å². The van der Waals surface area contributed by atoms with E-state index in [0.29, 0.717) is 31.1 Å². The number of hydrogen-bond acceptors (Lipinski definition) is 4. The number of fused-ring (bicyclic) bond motifs is 2.